The van der Waals surface area contributed by atoms with Gasteiger partial charge < -0.3 is 10.6 Å². The molecule has 1 aromatic heterocycles. The van der Waals surface area contributed by atoms with Crippen LogP contribution in [0.25, 0.3) is 0 Å². The highest BCUT2D eigenvalue weighted by molar-refractivity contribution is 8.00. The third-order valence-electron chi connectivity index (χ3n) is 2.68. The largest absolute Gasteiger partial charge is 0.384 e. The SMILES string of the molecule is CCNc1cncc(NCC2CCCS2)c1. The number of aromatic nitrogens is 1. The molecule has 2 N–H and O–H groups in total. The molecule has 0 radical (unpaired) electrons. The highest BCUT2D eigenvalue weighted by Crippen LogP contribution is 2.26. The first-order valence-electron chi connectivity index (χ1n) is 5.93. The van der Waals surface area contributed by atoms with Crippen LogP contribution in [0.3, 0.4) is 0 Å². The Kier molecular flexibility index (Phi) is 4.34. The first-order chi connectivity index (χ1) is 7.88. The van der Waals surface area contributed by atoms with Crippen molar-refractivity contribution in [3.05, 3.63) is 18.5 Å². The lowest BCUT2D eigenvalue weighted by Gasteiger charge is -2.12. The molecule has 0 aromatic carbocycles. The molecule has 0 spiro atoms. The second-order valence-corrected chi connectivity index (χ2v) is 5.42. The van der Waals surface area contributed by atoms with E-state index in [4.69, 9.17) is 0 Å². The number of nitrogens with zero attached hydrogens (tertiary/aromatic N) is 1. The maximum absolute atomic E-state index is 4.22. The van der Waals surface area contributed by atoms with Crippen molar-refractivity contribution in [2.24, 2.45) is 0 Å². The van der Waals surface area contributed by atoms with Crippen LogP contribution in [0.4, 0.5) is 11.4 Å². The molecular formula is C12H19N3S. The Morgan fingerprint density at radius 2 is 2.19 bits per heavy atom. The molecule has 1 fully saturated rings. The van der Waals surface area contributed by atoms with Gasteiger partial charge in [0.15, 0.2) is 0 Å². The van der Waals surface area contributed by atoms with Gasteiger partial charge in [-0.3, -0.25) is 4.98 Å². The fourth-order valence-corrected chi connectivity index (χ4v) is 3.08. The van der Waals surface area contributed by atoms with E-state index in [0.29, 0.717) is 0 Å². The summed E-state index contributed by atoms with van der Waals surface area (Å²) < 4.78 is 0. The van der Waals surface area contributed by atoms with E-state index in [-0.39, 0.29) is 0 Å². The van der Waals surface area contributed by atoms with Gasteiger partial charge in [0.25, 0.3) is 0 Å². The minimum atomic E-state index is 0.780. The molecule has 3 nitrogen and oxygen atoms in total. The highest BCUT2D eigenvalue weighted by Gasteiger charge is 2.14. The first kappa shape index (κ1) is 11.6. The van der Waals surface area contributed by atoms with Crippen LogP contribution in [-0.4, -0.2) is 29.1 Å². The van der Waals surface area contributed by atoms with E-state index in [1.54, 1.807) is 0 Å². The molecular weight excluding hydrogens is 218 g/mol. The van der Waals surface area contributed by atoms with Crippen LogP contribution >= 0.6 is 11.8 Å². The molecule has 1 unspecified atom stereocenters. The number of nitrogens with one attached hydrogen (secondary N) is 2. The number of hydrogen-bond acceptors (Lipinski definition) is 4. The van der Waals surface area contributed by atoms with Gasteiger partial charge in [-0.15, -0.1) is 0 Å². The summed E-state index contributed by atoms with van der Waals surface area (Å²) >= 11 is 2.08. The van der Waals surface area contributed by atoms with Crippen LogP contribution in [0.5, 0.6) is 0 Å². The van der Waals surface area contributed by atoms with Crippen molar-refractivity contribution in [3.8, 4) is 0 Å². The van der Waals surface area contributed by atoms with Crippen LogP contribution in [0.1, 0.15) is 19.8 Å². The smallest absolute Gasteiger partial charge is 0.0547 e. The summed E-state index contributed by atoms with van der Waals surface area (Å²) in [5, 5.41) is 7.51. The Bertz CT molecular complexity index is 324. The van der Waals surface area contributed by atoms with Gasteiger partial charge in [-0.05, 0) is 31.6 Å². The zero-order valence-electron chi connectivity index (χ0n) is 9.70. The fourth-order valence-electron chi connectivity index (χ4n) is 1.87. The van der Waals surface area contributed by atoms with Crippen LogP contribution in [0, 0.1) is 0 Å². The van der Waals surface area contributed by atoms with Gasteiger partial charge in [0.2, 0.25) is 0 Å². The fraction of sp³-hybridized carbons (Fsp3) is 0.583. The lowest BCUT2D eigenvalue weighted by atomic mass is 10.2. The molecule has 0 aliphatic carbocycles. The van der Waals surface area contributed by atoms with E-state index in [1.807, 2.05) is 12.4 Å². The zero-order chi connectivity index (χ0) is 11.2. The van der Waals surface area contributed by atoms with Crippen LogP contribution < -0.4 is 10.6 Å². The molecule has 88 valence electrons. The van der Waals surface area contributed by atoms with Crippen molar-refractivity contribution < 1.29 is 0 Å². The normalized spacial score (nSPS) is 19.7. The van der Waals surface area contributed by atoms with Gasteiger partial charge in [-0.1, -0.05) is 0 Å². The quantitative estimate of drug-likeness (QED) is 0.825. The van der Waals surface area contributed by atoms with E-state index in [2.05, 4.69) is 40.4 Å². The zero-order valence-corrected chi connectivity index (χ0v) is 10.5. The Morgan fingerprint density at radius 3 is 2.88 bits per heavy atom. The molecule has 1 aliphatic heterocycles. The van der Waals surface area contributed by atoms with E-state index in [0.717, 1.165) is 29.7 Å². The monoisotopic (exact) mass is 237 g/mol. The van der Waals surface area contributed by atoms with Crippen molar-refractivity contribution in [2.75, 3.05) is 29.5 Å². The molecule has 1 atom stereocenters. The van der Waals surface area contributed by atoms with E-state index < -0.39 is 0 Å². The van der Waals surface area contributed by atoms with Crippen LogP contribution in [0.2, 0.25) is 0 Å². The summed E-state index contributed by atoms with van der Waals surface area (Å²) in [6.45, 7) is 4.08. The summed E-state index contributed by atoms with van der Waals surface area (Å²) in [5.41, 5.74) is 2.21. The summed E-state index contributed by atoms with van der Waals surface area (Å²) in [6.07, 6.45) is 6.46. The summed E-state index contributed by atoms with van der Waals surface area (Å²) in [5.74, 6) is 1.32. The van der Waals surface area contributed by atoms with Crippen LogP contribution in [0.15, 0.2) is 18.5 Å². The minimum absolute atomic E-state index is 0.780. The molecule has 0 amide bonds. The molecule has 4 heteroatoms. The Hall–Kier alpha value is -0.900. The Morgan fingerprint density at radius 1 is 1.38 bits per heavy atom. The maximum Gasteiger partial charge on any atom is 0.0547 e. The molecule has 1 aliphatic rings. The molecule has 1 aromatic rings. The second kappa shape index (κ2) is 5.99. The molecule has 0 saturated carbocycles. The number of anilines is 2. The van der Waals surface area contributed by atoms with Crippen molar-refractivity contribution in [3.63, 3.8) is 0 Å². The average Bonchev–Trinajstić information content (AvgIpc) is 2.80. The third kappa shape index (κ3) is 3.30. The second-order valence-electron chi connectivity index (χ2n) is 4.01. The van der Waals surface area contributed by atoms with Gasteiger partial charge in [-0.2, -0.15) is 11.8 Å². The first-order valence-corrected chi connectivity index (χ1v) is 6.97. The number of rotatable bonds is 5. The Labute approximate surface area is 101 Å². The lowest BCUT2D eigenvalue weighted by Crippen LogP contribution is -2.13. The van der Waals surface area contributed by atoms with Crippen molar-refractivity contribution in [1.29, 1.82) is 0 Å². The predicted octanol–water partition coefficient (Wildman–Crippen LogP) is 2.82. The average molecular weight is 237 g/mol. The third-order valence-corrected chi connectivity index (χ3v) is 4.08. The molecule has 2 rings (SSSR count). The number of thioether (sulfide) groups is 1. The van der Waals surface area contributed by atoms with Gasteiger partial charge in [0.05, 0.1) is 23.8 Å². The van der Waals surface area contributed by atoms with Crippen LogP contribution in [-0.2, 0) is 0 Å². The van der Waals surface area contributed by atoms with Gasteiger partial charge in [0.1, 0.15) is 0 Å². The number of pyridine rings is 1. The van der Waals surface area contributed by atoms with Crippen molar-refractivity contribution >= 4 is 23.1 Å². The number of hydrogen-bond donors (Lipinski definition) is 2. The van der Waals surface area contributed by atoms with Gasteiger partial charge in [0, 0.05) is 18.3 Å². The Balaban J connectivity index is 1.85. The van der Waals surface area contributed by atoms with Crippen molar-refractivity contribution in [1.82, 2.24) is 4.98 Å². The highest BCUT2D eigenvalue weighted by atomic mass is 32.2. The lowest BCUT2D eigenvalue weighted by molar-refractivity contribution is 0.805. The van der Waals surface area contributed by atoms with E-state index in [9.17, 15) is 0 Å². The van der Waals surface area contributed by atoms with E-state index in [1.165, 1.54) is 18.6 Å². The van der Waals surface area contributed by atoms with E-state index >= 15 is 0 Å². The van der Waals surface area contributed by atoms with Gasteiger partial charge >= 0.3 is 0 Å². The maximum atomic E-state index is 4.22. The predicted molar refractivity (Wildman–Crippen MR) is 72.4 cm³/mol. The topological polar surface area (TPSA) is 37.0 Å². The summed E-state index contributed by atoms with van der Waals surface area (Å²) in [4.78, 5) is 4.22. The van der Waals surface area contributed by atoms with Crippen molar-refractivity contribution in [2.45, 2.75) is 25.0 Å². The molecule has 0 bridgehead atoms. The minimum Gasteiger partial charge on any atom is -0.384 e. The molecule has 16 heavy (non-hydrogen) atoms. The summed E-state index contributed by atoms with van der Waals surface area (Å²) in [7, 11) is 0. The van der Waals surface area contributed by atoms with Gasteiger partial charge in [-0.25, -0.2) is 0 Å². The molecule has 1 saturated heterocycles. The standard InChI is InChI=1S/C12H19N3S/c1-2-14-10-6-11(8-13-7-10)15-9-12-4-3-5-16-12/h6-8,12,14-15H,2-5,9H2,1H3. The molecule has 2 heterocycles. The summed E-state index contributed by atoms with van der Waals surface area (Å²) in [6, 6.07) is 2.12.